The summed E-state index contributed by atoms with van der Waals surface area (Å²) < 4.78 is 25.9. The fraction of sp³-hybridized carbons (Fsp3) is 0.0667. The zero-order valence-electron chi connectivity index (χ0n) is 10.4. The summed E-state index contributed by atoms with van der Waals surface area (Å²) in [5.74, 6) is -1.33. The zero-order chi connectivity index (χ0) is 14.4. The first kappa shape index (κ1) is 13.7. The van der Waals surface area contributed by atoms with Gasteiger partial charge >= 0.3 is 0 Å². The van der Waals surface area contributed by atoms with E-state index in [0.29, 0.717) is 16.7 Å². The van der Waals surface area contributed by atoms with Crippen molar-refractivity contribution in [2.24, 2.45) is 5.16 Å². The predicted molar refractivity (Wildman–Crippen MR) is 69.9 cm³/mol. The summed E-state index contributed by atoms with van der Waals surface area (Å²) in [5, 5.41) is 12.6. The molecule has 0 fully saturated rings. The maximum atomic E-state index is 12.9. The van der Waals surface area contributed by atoms with Gasteiger partial charge in [0.2, 0.25) is 0 Å². The van der Waals surface area contributed by atoms with Crippen LogP contribution in [0.5, 0.6) is 0 Å². The van der Waals surface area contributed by atoms with Gasteiger partial charge in [-0.25, -0.2) is 8.78 Å². The molecule has 0 spiro atoms. The highest BCUT2D eigenvalue weighted by molar-refractivity contribution is 5.82. The molecule has 0 amide bonds. The second kappa shape index (κ2) is 6.43. The van der Waals surface area contributed by atoms with Crippen molar-refractivity contribution < 1.29 is 13.6 Å². The Morgan fingerprint density at radius 3 is 2.55 bits per heavy atom. The molecule has 100 valence electrons. The molecule has 20 heavy (non-hydrogen) atoms. The summed E-state index contributed by atoms with van der Waals surface area (Å²) in [4.78, 5) is 4.96. The summed E-state index contributed by atoms with van der Waals surface area (Å²) in [5.41, 5.74) is 1.42. The third-order valence-corrected chi connectivity index (χ3v) is 2.50. The molecule has 0 bridgehead atoms. The monoisotopic (exact) mass is 272 g/mol. The molecule has 2 aromatic carbocycles. The third kappa shape index (κ3) is 3.62. The van der Waals surface area contributed by atoms with Gasteiger partial charge in [-0.1, -0.05) is 23.4 Å². The van der Waals surface area contributed by atoms with E-state index in [-0.39, 0.29) is 6.61 Å². The summed E-state index contributed by atoms with van der Waals surface area (Å²) in [6.07, 6.45) is 1.38. The third-order valence-electron chi connectivity index (χ3n) is 2.50. The van der Waals surface area contributed by atoms with E-state index in [1.165, 1.54) is 18.3 Å². The molecule has 0 saturated carbocycles. The fourth-order valence-electron chi connectivity index (χ4n) is 1.61. The van der Waals surface area contributed by atoms with Crippen molar-refractivity contribution in [3.05, 3.63) is 70.8 Å². The van der Waals surface area contributed by atoms with E-state index >= 15 is 0 Å². The van der Waals surface area contributed by atoms with Crippen molar-refractivity contribution in [2.75, 3.05) is 0 Å². The van der Waals surface area contributed by atoms with Crippen LogP contribution >= 0.6 is 0 Å². The molecular weight excluding hydrogens is 262 g/mol. The van der Waals surface area contributed by atoms with Crippen LogP contribution in [-0.4, -0.2) is 6.21 Å². The maximum Gasteiger partial charge on any atom is 0.142 e. The molecule has 2 rings (SSSR count). The number of hydrogen-bond acceptors (Lipinski definition) is 3. The summed E-state index contributed by atoms with van der Waals surface area (Å²) in [7, 11) is 0. The molecule has 0 radical (unpaired) electrons. The SMILES string of the molecule is N#Cc1ccccc1C=NOCc1cc(F)cc(F)c1. The number of hydrogen-bond donors (Lipinski definition) is 0. The predicted octanol–water partition coefficient (Wildman–Crippen LogP) is 3.39. The molecule has 3 nitrogen and oxygen atoms in total. The highest BCUT2D eigenvalue weighted by Gasteiger charge is 2.01. The van der Waals surface area contributed by atoms with E-state index < -0.39 is 11.6 Å². The lowest BCUT2D eigenvalue weighted by Crippen LogP contribution is -1.92. The highest BCUT2D eigenvalue weighted by atomic mass is 19.1. The quantitative estimate of drug-likeness (QED) is 0.632. The van der Waals surface area contributed by atoms with Crippen LogP contribution < -0.4 is 0 Å². The van der Waals surface area contributed by atoms with E-state index in [0.717, 1.165) is 6.07 Å². The van der Waals surface area contributed by atoms with Gasteiger partial charge in [0.25, 0.3) is 0 Å². The maximum absolute atomic E-state index is 12.9. The average molecular weight is 272 g/mol. The van der Waals surface area contributed by atoms with E-state index in [1.54, 1.807) is 24.3 Å². The second-order valence-corrected chi connectivity index (χ2v) is 3.98. The minimum Gasteiger partial charge on any atom is -0.391 e. The van der Waals surface area contributed by atoms with Gasteiger partial charge < -0.3 is 4.84 Å². The van der Waals surface area contributed by atoms with Gasteiger partial charge in [0.15, 0.2) is 0 Å². The molecule has 0 aromatic heterocycles. The van der Waals surface area contributed by atoms with E-state index in [9.17, 15) is 8.78 Å². The molecule has 5 heteroatoms. The van der Waals surface area contributed by atoms with Crippen molar-refractivity contribution >= 4 is 6.21 Å². The average Bonchev–Trinajstić information content (AvgIpc) is 2.43. The molecule has 0 aliphatic carbocycles. The van der Waals surface area contributed by atoms with E-state index in [1.807, 2.05) is 6.07 Å². The van der Waals surface area contributed by atoms with Gasteiger partial charge in [-0.15, -0.1) is 0 Å². The molecule has 0 saturated heterocycles. The first-order chi connectivity index (χ1) is 9.69. The number of benzene rings is 2. The number of nitriles is 1. The summed E-state index contributed by atoms with van der Waals surface area (Å²) in [6, 6.07) is 12.0. The molecule has 2 aromatic rings. The zero-order valence-corrected chi connectivity index (χ0v) is 10.4. The molecular formula is C15H10F2N2O. The Balaban J connectivity index is 1.99. The Bertz CT molecular complexity index is 658. The minimum atomic E-state index is -0.664. The van der Waals surface area contributed by atoms with Crippen molar-refractivity contribution in [1.29, 1.82) is 5.26 Å². The first-order valence-corrected chi connectivity index (χ1v) is 5.78. The van der Waals surface area contributed by atoms with Crippen LogP contribution in [0.2, 0.25) is 0 Å². The van der Waals surface area contributed by atoms with E-state index in [2.05, 4.69) is 5.16 Å². The van der Waals surface area contributed by atoms with Crippen molar-refractivity contribution in [1.82, 2.24) is 0 Å². The van der Waals surface area contributed by atoms with Gasteiger partial charge in [0, 0.05) is 11.6 Å². The van der Waals surface area contributed by atoms with Crippen LogP contribution in [0.25, 0.3) is 0 Å². The summed E-state index contributed by atoms with van der Waals surface area (Å²) >= 11 is 0. The van der Waals surface area contributed by atoms with Gasteiger partial charge in [0.1, 0.15) is 18.2 Å². The largest absolute Gasteiger partial charge is 0.391 e. The van der Waals surface area contributed by atoms with Crippen LogP contribution in [0.15, 0.2) is 47.6 Å². The lowest BCUT2D eigenvalue weighted by atomic mass is 10.1. The summed E-state index contributed by atoms with van der Waals surface area (Å²) in [6.45, 7) is -0.0557. The van der Waals surface area contributed by atoms with Gasteiger partial charge in [-0.3, -0.25) is 0 Å². The smallest absolute Gasteiger partial charge is 0.142 e. The van der Waals surface area contributed by atoms with Crippen LogP contribution in [0.3, 0.4) is 0 Å². The van der Waals surface area contributed by atoms with Crippen LogP contribution in [-0.2, 0) is 11.4 Å². The van der Waals surface area contributed by atoms with Gasteiger partial charge in [-0.05, 0) is 23.8 Å². The topological polar surface area (TPSA) is 45.4 Å². The Morgan fingerprint density at radius 2 is 1.85 bits per heavy atom. The Hall–Kier alpha value is -2.74. The van der Waals surface area contributed by atoms with Gasteiger partial charge in [0.05, 0.1) is 17.8 Å². The Kier molecular flexibility index (Phi) is 4.40. The lowest BCUT2D eigenvalue weighted by molar-refractivity contribution is 0.131. The number of rotatable bonds is 4. The molecule has 0 N–H and O–H groups in total. The van der Waals surface area contributed by atoms with Crippen molar-refractivity contribution in [2.45, 2.75) is 6.61 Å². The second-order valence-electron chi connectivity index (χ2n) is 3.98. The minimum absolute atomic E-state index is 0.0557. The van der Waals surface area contributed by atoms with E-state index in [4.69, 9.17) is 10.1 Å². The lowest BCUT2D eigenvalue weighted by Gasteiger charge is -2.01. The highest BCUT2D eigenvalue weighted by Crippen LogP contribution is 2.09. The molecule has 0 heterocycles. The van der Waals surface area contributed by atoms with Crippen molar-refractivity contribution in [3.63, 3.8) is 0 Å². The standard InChI is InChI=1S/C15H10F2N2O/c16-14-5-11(6-15(17)7-14)10-20-19-9-13-4-2-1-3-12(13)8-18/h1-7,9H,10H2. The first-order valence-electron chi connectivity index (χ1n) is 5.78. The van der Waals surface area contributed by atoms with Gasteiger partial charge in [-0.2, -0.15) is 5.26 Å². The Morgan fingerprint density at radius 1 is 1.15 bits per heavy atom. The number of oxime groups is 1. The fourth-order valence-corrected chi connectivity index (χ4v) is 1.61. The number of halogens is 2. The van der Waals surface area contributed by atoms with Crippen LogP contribution in [0.1, 0.15) is 16.7 Å². The Labute approximate surface area is 114 Å². The van der Waals surface area contributed by atoms with Crippen LogP contribution in [0, 0.1) is 23.0 Å². The van der Waals surface area contributed by atoms with Crippen LogP contribution in [0.4, 0.5) is 8.78 Å². The number of nitrogens with zero attached hydrogens (tertiary/aromatic N) is 2. The van der Waals surface area contributed by atoms with Crippen molar-refractivity contribution in [3.8, 4) is 6.07 Å². The molecule has 0 atom stereocenters. The molecule has 0 unspecified atom stereocenters. The normalized spacial score (nSPS) is 10.4. The molecule has 0 aliphatic rings. The molecule has 0 aliphatic heterocycles.